The van der Waals surface area contributed by atoms with Crippen LogP contribution in [0.15, 0.2) is 60.9 Å². The molecule has 1 amide bonds. The van der Waals surface area contributed by atoms with Gasteiger partial charge in [-0.2, -0.15) is 10.4 Å². The largest absolute Gasteiger partial charge is 0.450 e. The highest BCUT2D eigenvalue weighted by atomic mass is 16.6. The van der Waals surface area contributed by atoms with Gasteiger partial charge in [0.1, 0.15) is 18.4 Å². The number of hydrogen-bond acceptors (Lipinski definition) is 10. The molecule has 13 nitrogen and oxygen atoms in total. The number of amides is 1. The molecule has 5 rings (SSSR count). The first-order valence-corrected chi connectivity index (χ1v) is 12.9. The predicted octanol–water partition coefficient (Wildman–Crippen LogP) is 4.84. The van der Waals surface area contributed by atoms with Crippen LogP contribution in [0.2, 0.25) is 0 Å². The van der Waals surface area contributed by atoms with Crippen LogP contribution >= 0.6 is 0 Å². The van der Waals surface area contributed by atoms with Gasteiger partial charge < -0.3 is 19.5 Å². The lowest BCUT2D eigenvalue weighted by Gasteiger charge is -2.26. The lowest BCUT2D eigenvalue weighted by molar-refractivity contribution is -0.385. The number of aryl methyl sites for hydroxylation is 1. The standard InChI is InChI=1S/C28H27N7O6/c1-19-23(32-28(36)40-15-12-33-10-13-39-14-11-33)18-34-27(19)26(20(16-29)17-30-34)31-21-6-8-22(9-7-21)41-25-5-3-2-4-24(25)35(37)38/h2-9,17-18,31H,10-15H2,1H3,(H,32,36). The van der Waals surface area contributed by atoms with E-state index in [0.717, 1.165) is 13.1 Å². The van der Waals surface area contributed by atoms with E-state index < -0.39 is 11.0 Å². The normalized spacial score (nSPS) is 13.4. The van der Waals surface area contributed by atoms with Gasteiger partial charge in [0.05, 0.1) is 53.0 Å². The van der Waals surface area contributed by atoms with E-state index in [1.165, 1.54) is 18.3 Å². The molecule has 0 aliphatic carbocycles. The Morgan fingerprint density at radius 3 is 2.68 bits per heavy atom. The number of benzene rings is 2. The second-order valence-electron chi connectivity index (χ2n) is 9.20. The van der Waals surface area contributed by atoms with E-state index in [4.69, 9.17) is 14.2 Å². The first kappa shape index (κ1) is 27.4. The molecule has 2 N–H and O–H groups in total. The second-order valence-corrected chi connectivity index (χ2v) is 9.20. The Hall–Kier alpha value is -5.19. The second kappa shape index (κ2) is 12.3. The van der Waals surface area contributed by atoms with Gasteiger partial charge in [0, 0.05) is 37.0 Å². The minimum absolute atomic E-state index is 0.129. The van der Waals surface area contributed by atoms with Gasteiger partial charge in [0.15, 0.2) is 0 Å². The number of nitrogens with zero attached hydrogens (tertiary/aromatic N) is 5. The molecule has 13 heteroatoms. The highest BCUT2D eigenvalue weighted by Crippen LogP contribution is 2.34. The smallest absolute Gasteiger partial charge is 0.411 e. The summed E-state index contributed by atoms with van der Waals surface area (Å²) in [6.07, 6.45) is 2.51. The number of morpholine rings is 1. The van der Waals surface area contributed by atoms with E-state index in [9.17, 15) is 20.2 Å². The Balaban J connectivity index is 1.30. The molecule has 1 saturated heterocycles. The fourth-order valence-electron chi connectivity index (χ4n) is 4.44. The Morgan fingerprint density at radius 1 is 1.20 bits per heavy atom. The third-order valence-electron chi connectivity index (χ3n) is 6.57. The number of nitrogens with one attached hydrogen (secondary N) is 2. The van der Waals surface area contributed by atoms with Crippen LogP contribution in [0.4, 0.5) is 27.5 Å². The molecule has 210 valence electrons. The summed E-state index contributed by atoms with van der Waals surface area (Å²) in [4.78, 5) is 25.4. The van der Waals surface area contributed by atoms with Gasteiger partial charge in [0.25, 0.3) is 0 Å². The average Bonchev–Trinajstić information content (AvgIpc) is 3.29. The Bertz CT molecular complexity index is 1610. The van der Waals surface area contributed by atoms with Crippen LogP contribution in [0.25, 0.3) is 5.52 Å². The van der Waals surface area contributed by atoms with Crippen LogP contribution in [0.5, 0.6) is 11.5 Å². The molecule has 1 aliphatic heterocycles. The molecule has 1 aliphatic rings. The summed E-state index contributed by atoms with van der Waals surface area (Å²) >= 11 is 0. The van der Waals surface area contributed by atoms with Crippen molar-refractivity contribution in [2.24, 2.45) is 0 Å². The zero-order chi connectivity index (χ0) is 28.8. The number of ether oxygens (including phenoxy) is 3. The maximum Gasteiger partial charge on any atom is 0.411 e. The average molecular weight is 558 g/mol. The number of nitro benzene ring substituents is 1. The summed E-state index contributed by atoms with van der Waals surface area (Å²) in [6, 6.07) is 15.1. The Labute approximate surface area is 235 Å². The van der Waals surface area contributed by atoms with Gasteiger partial charge in [-0.15, -0.1) is 0 Å². The van der Waals surface area contributed by atoms with Crippen LogP contribution in [-0.2, 0) is 9.47 Å². The number of anilines is 3. The fourth-order valence-corrected chi connectivity index (χ4v) is 4.44. The van der Waals surface area contributed by atoms with E-state index in [0.29, 0.717) is 59.2 Å². The van der Waals surface area contributed by atoms with Crippen molar-refractivity contribution in [1.82, 2.24) is 14.5 Å². The van der Waals surface area contributed by atoms with Crippen molar-refractivity contribution in [3.8, 4) is 17.6 Å². The zero-order valence-corrected chi connectivity index (χ0v) is 22.2. The van der Waals surface area contributed by atoms with Crippen molar-refractivity contribution in [2.75, 3.05) is 50.1 Å². The minimum atomic E-state index is -0.582. The van der Waals surface area contributed by atoms with Crippen LogP contribution in [-0.4, -0.2) is 65.0 Å². The van der Waals surface area contributed by atoms with Crippen molar-refractivity contribution < 1.29 is 23.9 Å². The third-order valence-corrected chi connectivity index (χ3v) is 6.57. The van der Waals surface area contributed by atoms with E-state index in [1.807, 2.05) is 6.92 Å². The number of carbonyl (C=O) groups is 1. The SMILES string of the molecule is Cc1c(NC(=O)OCCN2CCOCC2)cn2ncc(C#N)c(Nc3ccc(Oc4ccccc4[N+](=O)[O-])cc3)c12. The molecule has 2 aromatic heterocycles. The molecular formula is C28H27N7O6. The van der Waals surface area contributed by atoms with Crippen molar-refractivity contribution >= 4 is 34.4 Å². The molecule has 0 bridgehead atoms. The number of hydrogen-bond donors (Lipinski definition) is 2. The van der Waals surface area contributed by atoms with E-state index in [2.05, 4.69) is 26.7 Å². The number of para-hydroxylation sites is 2. The number of rotatable bonds is 9. The first-order valence-electron chi connectivity index (χ1n) is 12.9. The molecule has 41 heavy (non-hydrogen) atoms. The Morgan fingerprint density at radius 2 is 1.95 bits per heavy atom. The summed E-state index contributed by atoms with van der Waals surface area (Å²) in [7, 11) is 0. The highest BCUT2D eigenvalue weighted by Gasteiger charge is 2.19. The lowest BCUT2D eigenvalue weighted by Crippen LogP contribution is -2.38. The van der Waals surface area contributed by atoms with Crippen LogP contribution in [0.3, 0.4) is 0 Å². The third kappa shape index (κ3) is 6.35. The van der Waals surface area contributed by atoms with Gasteiger partial charge in [-0.1, -0.05) is 12.1 Å². The van der Waals surface area contributed by atoms with Gasteiger partial charge in [-0.3, -0.25) is 20.3 Å². The van der Waals surface area contributed by atoms with E-state index in [1.54, 1.807) is 47.1 Å². The fraction of sp³-hybridized carbons (Fsp3) is 0.250. The molecule has 2 aromatic carbocycles. The first-order chi connectivity index (χ1) is 19.9. The Kier molecular flexibility index (Phi) is 8.23. The van der Waals surface area contributed by atoms with Crippen molar-refractivity contribution in [1.29, 1.82) is 5.26 Å². The maximum atomic E-state index is 12.5. The molecule has 1 fully saturated rings. The number of carbonyl (C=O) groups excluding carboxylic acids is 1. The monoisotopic (exact) mass is 557 g/mol. The summed E-state index contributed by atoms with van der Waals surface area (Å²) < 4.78 is 18.0. The van der Waals surface area contributed by atoms with Gasteiger partial charge in [0.2, 0.25) is 5.75 Å². The minimum Gasteiger partial charge on any atom is -0.450 e. The maximum absolute atomic E-state index is 12.5. The molecule has 0 spiro atoms. The number of nitro groups is 1. The molecule has 0 atom stereocenters. The molecule has 3 heterocycles. The molecule has 4 aromatic rings. The van der Waals surface area contributed by atoms with Crippen LogP contribution in [0, 0.1) is 28.4 Å². The molecular weight excluding hydrogens is 530 g/mol. The summed E-state index contributed by atoms with van der Waals surface area (Å²) in [5.41, 5.74) is 3.11. The molecule has 0 saturated carbocycles. The summed E-state index contributed by atoms with van der Waals surface area (Å²) in [6.45, 7) is 5.66. The van der Waals surface area contributed by atoms with Gasteiger partial charge >= 0.3 is 11.8 Å². The predicted molar refractivity (Wildman–Crippen MR) is 150 cm³/mol. The van der Waals surface area contributed by atoms with Crippen molar-refractivity contribution in [3.05, 3.63) is 82.2 Å². The van der Waals surface area contributed by atoms with E-state index in [-0.39, 0.29) is 18.0 Å². The topological polar surface area (TPSA) is 156 Å². The molecule has 0 radical (unpaired) electrons. The highest BCUT2D eigenvalue weighted by molar-refractivity contribution is 5.92. The number of aromatic nitrogens is 2. The molecule has 0 unspecified atom stereocenters. The van der Waals surface area contributed by atoms with E-state index >= 15 is 0 Å². The van der Waals surface area contributed by atoms with Gasteiger partial charge in [-0.25, -0.2) is 9.31 Å². The van der Waals surface area contributed by atoms with Crippen molar-refractivity contribution in [3.63, 3.8) is 0 Å². The number of nitriles is 1. The lowest BCUT2D eigenvalue weighted by atomic mass is 10.1. The van der Waals surface area contributed by atoms with Crippen molar-refractivity contribution in [2.45, 2.75) is 6.92 Å². The quantitative estimate of drug-likeness (QED) is 0.216. The van der Waals surface area contributed by atoms with Crippen LogP contribution in [0.1, 0.15) is 11.1 Å². The van der Waals surface area contributed by atoms with Crippen LogP contribution < -0.4 is 15.4 Å². The van der Waals surface area contributed by atoms with Gasteiger partial charge in [-0.05, 0) is 37.3 Å². The summed E-state index contributed by atoms with van der Waals surface area (Å²) in [5, 5.41) is 31.4. The zero-order valence-electron chi connectivity index (χ0n) is 22.2. The summed E-state index contributed by atoms with van der Waals surface area (Å²) in [5.74, 6) is 0.534. The number of fused-ring (bicyclic) bond motifs is 1.